The van der Waals surface area contributed by atoms with Gasteiger partial charge in [0.25, 0.3) is 0 Å². The van der Waals surface area contributed by atoms with Gasteiger partial charge in [-0.3, -0.25) is 4.79 Å². The number of carbonyl (C=O) groups excluding carboxylic acids is 1. The number of nitrogens with two attached hydrogens (primary N) is 2. The predicted molar refractivity (Wildman–Crippen MR) is 89.0 cm³/mol. The molecule has 0 radical (unpaired) electrons. The third-order valence-electron chi connectivity index (χ3n) is 4.69. The highest BCUT2D eigenvalue weighted by atomic mass is 31.2. The number of amides is 1. The summed E-state index contributed by atoms with van der Waals surface area (Å²) < 4.78 is 12.4. The Morgan fingerprint density at radius 3 is 2.32 bits per heavy atom. The fraction of sp³-hybridized carbons (Fsp3) is 0.467. The molecule has 136 valence electrons. The molecule has 1 amide bonds. The van der Waals surface area contributed by atoms with E-state index in [1.54, 1.807) is 0 Å². The number of unbranched alkanes of at least 4 members (excludes halogenated alkanes) is 1. The number of hydrogen-bond acceptors (Lipinski definition) is 7. The fourth-order valence-corrected chi connectivity index (χ4v) is 6.37. The van der Waals surface area contributed by atoms with E-state index < -0.39 is 31.1 Å². The van der Waals surface area contributed by atoms with Crippen LogP contribution < -0.4 is 16.8 Å². The van der Waals surface area contributed by atoms with Crippen molar-refractivity contribution < 1.29 is 29.5 Å². The molecule has 0 saturated carbocycles. The first-order valence-electron chi connectivity index (χ1n) is 7.96. The number of aliphatic hydroxyl groups excluding tert-OH is 2. The van der Waals surface area contributed by atoms with Gasteiger partial charge in [-0.05, 0) is 19.4 Å². The fourth-order valence-electron chi connectivity index (χ4n) is 3.29. The van der Waals surface area contributed by atoms with Gasteiger partial charge in [0.2, 0.25) is 5.91 Å². The lowest BCUT2D eigenvalue weighted by atomic mass is 10.0. The zero-order valence-electron chi connectivity index (χ0n) is 13.4. The molecule has 3 atom stereocenters. The van der Waals surface area contributed by atoms with Gasteiger partial charge in [0.1, 0.15) is 22.9 Å². The van der Waals surface area contributed by atoms with E-state index in [1.807, 2.05) is 0 Å². The van der Waals surface area contributed by atoms with Crippen LogP contribution in [0.1, 0.15) is 25.7 Å². The van der Waals surface area contributed by atoms with Crippen LogP contribution in [0, 0.1) is 0 Å². The third kappa shape index (κ3) is 2.50. The van der Waals surface area contributed by atoms with Crippen LogP contribution in [-0.4, -0.2) is 45.8 Å². The first-order chi connectivity index (χ1) is 11.7. The molecule has 3 aliphatic heterocycles. The molecule has 0 aliphatic carbocycles. The Hall–Kier alpha value is -2.09. The summed E-state index contributed by atoms with van der Waals surface area (Å²) in [5, 5.41) is 32.0. The molecule has 3 rings (SSSR count). The van der Waals surface area contributed by atoms with Crippen molar-refractivity contribution in [3.8, 4) is 0 Å². The average molecular weight is 369 g/mol. The molecular formula is C15H20N3O6P. The van der Waals surface area contributed by atoms with Crippen molar-refractivity contribution >= 4 is 19.0 Å². The highest BCUT2D eigenvalue weighted by Gasteiger charge is 2.70. The Kier molecular flexibility index (Phi) is 4.26. The summed E-state index contributed by atoms with van der Waals surface area (Å²) in [7, 11) is -2.90. The quantitative estimate of drug-likeness (QED) is 0.253. The van der Waals surface area contributed by atoms with E-state index in [-0.39, 0.29) is 28.8 Å². The first-order valence-corrected chi connectivity index (χ1v) is 9.67. The molecule has 8 N–H and O–H groups in total. The molecule has 0 saturated heterocycles. The molecule has 3 heterocycles. The number of carbonyl (C=O) groups is 2. The summed E-state index contributed by atoms with van der Waals surface area (Å²) in [6.07, 6.45) is 1.53. The average Bonchev–Trinajstić information content (AvgIpc) is 3.02. The number of aliphatic carboxylic acids is 1. The van der Waals surface area contributed by atoms with Crippen molar-refractivity contribution in [1.29, 1.82) is 0 Å². The molecule has 0 aromatic carbocycles. The zero-order chi connectivity index (χ0) is 18.5. The smallest absolute Gasteiger partial charge is 0.326 e. The van der Waals surface area contributed by atoms with Crippen LogP contribution in [0.4, 0.5) is 0 Å². The van der Waals surface area contributed by atoms with Gasteiger partial charge < -0.3 is 36.7 Å². The van der Waals surface area contributed by atoms with Crippen molar-refractivity contribution in [2.24, 2.45) is 11.5 Å². The Morgan fingerprint density at radius 1 is 1.12 bits per heavy atom. The predicted octanol–water partition coefficient (Wildman–Crippen LogP) is 0.599. The maximum atomic E-state index is 12.4. The van der Waals surface area contributed by atoms with Gasteiger partial charge in [0.15, 0.2) is 7.14 Å². The minimum atomic E-state index is -2.90. The van der Waals surface area contributed by atoms with E-state index >= 15 is 0 Å². The van der Waals surface area contributed by atoms with E-state index in [0.29, 0.717) is 30.0 Å². The number of allylic oxidation sites excluding steroid dienone is 3. The van der Waals surface area contributed by atoms with E-state index in [0.717, 1.165) is 6.42 Å². The Bertz CT molecular complexity index is 812. The number of carboxylic acids is 1. The molecule has 10 heteroatoms. The molecule has 0 fully saturated rings. The molecule has 0 spiro atoms. The van der Waals surface area contributed by atoms with Gasteiger partial charge in [-0.15, -0.1) is 0 Å². The van der Waals surface area contributed by atoms with Crippen molar-refractivity contribution in [1.82, 2.24) is 5.32 Å². The largest absolute Gasteiger partial charge is 0.507 e. The van der Waals surface area contributed by atoms with Crippen LogP contribution in [0.3, 0.4) is 0 Å². The lowest BCUT2D eigenvalue weighted by Gasteiger charge is -2.19. The third-order valence-corrected chi connectivity index (χ3v) is 7.71. The van der Waals surface area contributed by atoms with Crippen LogP contribution in [0.25, 0.3) is 0 Å². The van der Waals surface area contributed by atoms with Crippen LogP contribution >= 0.6 is 7.14 Å². The Balaban J connectivity index is 1.65. The lowest BCUT2D eigenvalue weighted by Crippen LogP contribution is -2.48. The van der Waals surface area contributed by atoms with Gasteiger partial charge >= 0.3 is 5.97 Å². The van der Waals surface area contributed by atoms with Gasteiger partial charge in [-0.1, -0.05) is 6.42 Å². The Labute approximate surface area is 143 Å². The minimum absolute atomic E-state index is 0.0152. The molecule has 0 bridgehead atoms. The van der Waals surface area contributed by atoms with Gasteiger partial charge in [0.05, 0.1) is 11.4 Å². The van der Waals surface area contributed by atoms with Crippen LogP contribution in [0.15, 0.2) is 33.0 Å². The summed E-state index contributed by atoms with van der Waals surface area (Å²) in [6, 6.07) is -2.17. The van der Waals surface area contributed by atoms with Crippen LogP contribution in [0.2, 0.25) is 0 Å². The Morgan fingerprint density at radius 2 is 1.80 bits per heavy atom. The van der Waals surface area contributed by atoms with Crippen LogP contribution in [-0.2, 0) is 14.2 Å². The number of rotatable bonds is 9. The first kappa shape index (κ1) is 17.7. The van der Waals surface area contributed by atoms with Crippen molar-refractivity contribution in [3.05, 3.63) is 33.0 Å². The molecule has 1 unspecified atom stereocenters. The monoisotopic (exact) mass is 369 g/mol. The highest BCUT2D eigenvalue weighted by molar-refractivity contribution is 7.86. The topological polar surface area (TPSA) is 176 Å². The summed E-state index contributed by atoms with van der Waals surface area (Å²) in [5.41, 5.74) is 11.3. The summed E-state index contributed by atoms with van der Waals surface area (Å²) >= 11 is 0. The SMILES string of the molecule is NCCCC[C@H](N)C(=O)N[C@@H](CC1=C(O)C2=C(O)C3=C1P23=O)C(=O)O. The van der Waals surface area contributed by atoms with Gasteiger partial charge in [0, 0.05) is 17.3 Å². The molecular weight excluding hydrogens is 349 g/mol. The molecule has 3 aliphatic rings. The molecule has 0 aromatic heterocycles. The second-order valence-electron chi connectivity index (χ2n) is 6.33. The number of aliphatic hydroxyl groups is 2. The number of carboxylic acid groups (broad SMARTS) is 1. The van der Waals surface area contributed by atoms with Crippen molar-refractivity contribution in [2.45, 2.75) is 37.8 Å². The van der Waals surface area contributed by atoms with E-state index in [4.69, 9.17) is 11.5 Å². The van der Waals surface area contributed by atoms with Crippen LogP contribution in [0.5, 0.6) is 0 Å². The normalized spacial score (nSPS) is 25.5. The molecule has 9 nitrogen and oxygen atoms in total. The second-order valence-corrected chi connectivity index (χ2v) is 8.89. The number of nitrogens with one attached hydrogen (secondary N) is 1. The minimum Gasteiger partial charge on any atom is -0.507 e. The van der Waals surface area contributed by atoms with Crippen molar-refractivity contribution in [2.75, 3.05) is 6.54 Å². The number of hydrogen-bond donors (Lipinski definition) is 6. The maximum absolute atomic E-state index is 12.4. The molecule has 0 aromatic rings. The van der Waals surface area contributed by atoms with Gasteiger partial charge in [-0.25, -0.2) is 4.79 Å². The molecule has 25 heavy (non-hydrogen) atoms. The van der Waals surface area contributed by atoms with E-state index in [1.165, 1.54) is 0 Å². The van der Waals surface area contributed by atoms with Gasteiger partial charge in [-0.2, -0.15) is 0 Å². The standard InChI is InChI=1S/C15H20N3O6P/c16-4-2-1-3-7(17)14(21)18-8(15(22)23)5-6-9(19)12-10(20)13-11(6)25(12,13)24/h7-8,19-20H,1-5,16-17H2,(H,18,21)(H,22,23)/t7-,8-,25?/m0/s1. The van der Waals surface area contributed by atoms with E-state index in [9.17, 15) is 29.5 Å². The maximum Gasteiger partial charge on any atom is 0.326 e. The summed E-state index contributed by atoms with van der Waals surface area (Å²) in [5.74, 6) is -2.40. The lowest BCUT2D eigenvalue weighted by molar-refractivity contribution is -0.142. The zero-order valence-corrected chi connectivity index (χ0v) is 14.3. The highest BCUT2D eigenvalue weighted by Crippen LogP contribution is 2.96. The summed E-state index contributed by atoms with van der Waals surface area (Å²) in [6.45, 7) is 0.486. The van der Waals surface area contributed by atoms with E-state index in [2.05, 4.69) is 5.32 Å². The van der Waals surface area contributed by atoms with Crippen molar-refractivity contribution in [3.63, 3.8) is 0 Å². The summed E-state index contributed by atoms with van der Waals surface area (Å²) in [4.78, 5) is 23.5. The second kappa shape index (κ2) is 6.01.